The molecule has 0 N–H and O–H groups in total. The summed E-state index contributed by atoms with van der Waals surface area (Å²) < 4.78 is 18.3. The molecular formula is C27H25N5O7. The van der Waals surface area contributed by atoms with Gasteiger partial charge in [0.15, 0.2) is 0 Å². The van der Waals surface area contributed by atoms with Crippen molar-refractivity contribution in [3.8, 4) is 17.4 Å². The van der Waals surface area contributed by atoms with E-state index in [1.165, 1.54) is 35.2 Å². The van der Waals surface area contributed by atoms with Crippen LogP contribution >= 0.6 is 0 Å². The van der Waals surface area contributed by atoms with Crippen molar-refractivity contribution in [2.24, 2.45) is 0 Å². The molecule has 4 aromatic rings. The van der Waals surface area contributed by atoms with Gasteiger partial charge in [-0.3, -0.25) is 14.7 Å². The molecule has 2 aromatic heterocycles. The van der Waals surface area contributed by atoms with E-state index >= 15 is 0 Å². The maximum absolute atomic E-state index is 12.7. The molecule has 0 aliphatic carbocycles. The molecule has 12 heteroatoms. The van der Waals surface area contributed by atoms with Crippen LogP contribution in [0.15, 0.2) is 61.1 Å². The Labute approximate surface area is 222 Å². The number of fused-ring (bicyclic) bond motifs is 2. The largest absolute Gasteiger partial charge is 0.444 e. The van der Waals surface area contributed by atoms with Gasteiger partial charge in [-0.1, -0.05) is 0 Å². The van der Waals surface area contributed by atoms with Gasteiger partial charge in [0.05, 0.1) is 22.7 Å². The zero-order valence-electron chi connectivity index (χ0n) is 21.5. The van der Waals surface area contributed by atoms with Gasteiger partial charge < -0.3 is 19.1 Å². The number of hydrogen-bond donors (Lipinski definition) is 0. The lowest BCUT2D eigenvalue weighted by Gasteiger charge is -2.30. The van der Waals surface area contributed by atoms with Crippen LogP contribution in [0.1, 0.15) is 32.0 Å². The number of non-ortho nitro benzene ring substituents is 1. The number of nitrogens with zero attached hydrogens (tertiary/aromatic N) is 5. The van der Waals surface area contributed by atoms with Gasteiger partial charge in [-0.2, -0.15) is 0 Å². The van der Waals surface area contributed by atoms with Gasteiger partial charge in [-0.25, -0.2) is 19.6 Å². The highest BCUT2D eigenvalue weighted by molar-refractivity contribution is 5.91. The summed E-state index contributed by atoms with van der Waals surface area (Å²) >= 11 is 0. The molecule has 1 aliphatic heterocycles. The number of aromatic nitrogens is 3. The first kappa shape index (κ1) is 25.6. The average molecular weight is 532 g/mol. The normalized spacial score (nSPS) is 13.1. The van der Waals surface area contributed by atoms with Crippen molar-refractivity contribution in [1.82, 2.24) is 19.4 Å². The third-order valence-corrected chi connectivity index (χ3v) is 5.94. The van der Waals surface area contributed by atoms with Crippen molar-refractivity contribution < 1.29 is 28.7 Å². The summed E-state index contributed by atoms with van der Waals surface area (Å²) in [6.07, 6.45) is 2.43. The monoisotopic (exact) mass is 531 g/mol. The second-order valence-corrected chi connectivity index (χ2v) is 9.88. The SMILES string of the molecule is CC(C)(C)OC(=O)N1CCc2c(ncnc2Oc2ccc3c(ccn3C(=O)Oc3ccc([N+](=O)[O-])cc3)c2)C1. The molecule has 0 bridgehead atoms. The molecule has 1 aliphatic rings. The zero-order chi connectivity index (χ0) is 27.7. The molecule has 0 radical (unpaired) electrons. The van der Waals surface area contributed by atoms with E-state index in [0.29, 0.717) is 42.4 Å². The standard InChI is InChI=1S/C27H25N5O7/c1-27(2,3)39-25(33)30-12-11-21-22(15-30)28-16-29-24(21)37-20-8-9-23-17(14-20)10-13-31(23)26(34)38-19-6-4-18(5-7-19)32(35)36/h4-10,13-14,16H,11-12,15H2,1-3H3. The summed E-state index contributed by atoms with van der Waals surface area (Å²) in [5, 5.41) is 11.5. The number of nitro benzene ring substituents is 1. The first-order valence-electron chi connectivity index (χ1n) is 12.1. The number of carbonyl (C=O) groups is 2. The highest BCUT2D eigenvalue weighted by atomic mass is 16.6. The minimum absolute atomic E-state index is 0.0981. The number of hydrogen-bond acceptors (Lipinski definition) is 9. The van der Waals surface area contributed by atoms with E-state index in [4.69, 9.17) is 14.2 Å². The van der Waals surface area contributed by atoms with Gasteiger partial charge in [-0.15, -0.1) is 0 Å². The third-order valence-electron chi connectivity index (χ3n) is 5.94. The van der Waals surface area contributed by atoms with E-state index in [9.17, 15) is 19.7 Å². The maximum atomic E-state index is 12.7. The number of nitro groups is 1. The second-order valence-electron chi connectivity index (χ2n) is 9.88. The lowest BCUT2D eigenvalue weighted by molar-refractivity contribution is -0.384. The van der Waals surface area contributed by atoms with Crippen LogP contribution in [0, 0.1) is 10.1 Å². The second kappa shape index (κ2) is 10.0. The van der Waals surface area contributed by atoms with Crippen molar-refractivity contribution >= 4 is 28.8 Å². The van der Waals surface area contributed by atoms with Crippen LogP contribution in [0.4, 0.5) is 15.3 Å². The Balaban J connectivity index is 1.30. The highest BCUT2D eigenvalue weighted by Crippen LogP contribution is 2.31. The molecule has 0 saturated heterocycles. The molecule has 200 valence electrons. The van der Waals surface area contributed by atoms with Crippen molar-refractivity contribution in [3.05, 3.63) is 82.4 Å². The van der Waals surface area contributed by atoms with Crippen molar-refractivity contribution in [2.45, 2.75) is 39.3 Å². The number of carbonyl (C=O) groups excluding carboxylic acids is 2. The van der Waals surface area contributed by atoms with Gasteiger partial charge in [0.1, 0.15) is 23.4 Å². The van der Waals surface area contributed by atoms with E-state index in [1.807, 2.05) is 20.8 Å². The zero-order valence-corrected chi connectivity index (χ0v) is 21.5. The van der Waals surface area contributed by atoms with Gasteiger partial charge in [0, 0.05) is 35.8 Å². The number of ether oxygens (including phenoxy) is 3. The predicted octanol–water partition coefficient (Wildman–Crippen LogP) is 5.47. The molecule has 12 nitrogen and oxygen atoms in total. The smallest absolute Gasteiger partial charge is 0.423 e. The fourth-order valence-electron chi connectivity index (χ4n) is 4.14. The van der Waals surface area contributed by atoms with E-state index in [2.05, 4.69) is 9.97 Å². The molecule has 0 spiro atoms. The van der Waals surface area contributed by atoms with Gasteiger partial charge in [0.2, 0.25) is 5.88 Å². The Morgan fingerprint density at radius 2 is 1.74 bits per heavy atom. The average Bonchev–Trinajstić information content (AvgIpc) is 3.31. The van der Waals surface area contributed by atoms with Crippen LogP contribution in [-0.4, -0.2) is 48.7 Å². The number of amides is 1. The number of rotatable bonds is 4. The fraction of sp³-hybridized carbons (Fsp3) is 0.259. The van der Waals surface area contributed by atoms with E-state index in [-0.39, 0.29) is 11.4 Å². The first-order chi connectivity index (χ1) is 18.6. The van der Waals surface area contributed by atoms with Crippen LogP contribution in [-0.2, 0) is 17.7 Å². The summed E-state index contributed by atoms with van der Waals surface area (Å²) in [6, 6.07) is 12.2. The summed E-state index contributed by atoms with van der Waals surface area (Å²) in [6.45, 7) is 6.21. The Morgan fingerprint density at radius 1 is 1.00 bits per heavy atom. The Kier molecular flexibility index (Phi) is 6.60. The van der Waals surface area contributed by atoms with Crippen LogP contribution in [0.2, 0.25) is 0 Å². The lowest BCUT2D eigenvalue weighted by Crippen LogP contribution is -2.40. The molecule has 1 amide bonds. The molecule has 0 unspecified atom stereocenters. The summed E-state index contributed by atoms with van der Waals surface area (Å²) in [5.41, 5.74) is 1.42. The predicted molar refractivity (Wildman–Crippen MR) is 139 cm³/mol. The van der Waals surface area contributed by atoms with Gasteiger partial charge in [0.25, 0.3) is 5.69 Å². The third kappa shape index (κ3) is 5.64. The van der Waals surface area contributed by atoms with Crippen molar-refractivity contribution in [3.63, 3.8) is 0 Å². The molecule has 0 atom stereocenters. The molecule has 5 rings (SSSR count). The molecule has 0 saturated carbocycles. The Bertz CT molecular complexity index is 1570. The van der Waals surface area contributed by atoms with Gasteiger partial charge in [-0.05, 0) is 63.6 Å². The van der Waals surface area contributed by atoms with E-state index in [0.717, 1.165) is 10.9 Å². The fourth-order valence-corrected chi connectivity index (χ4v) is 4.14. The van der Waals surface area contributed by atoms with E-state index < -0.39 is 22.7 Å². The van der Waals surface area contributed by atoms with Crippen LogP contribution < -0.4 is 9.47 Å². The Hall–Kier alpha value is -5.00. The van der Waals surface area contributed by atoms with E-state index in [1.54, 1.807) is 35.4 Å². The van der Waals surface area contributed by atoms with Crippen LogP contribution in [0.5, 0.6) is 17.4 Å². The van der Waals surface area contributed by atoms with Crippen molar-refractivity contribution in [1.29, 1.82) is 0 Å². The minimum atomic E-state index is -0.660. The van der Waals surface area contributed by atoms with Crippen LogP contribution in [0.25, 0.3) is 10.9 Å². The molecule has 39 heavy (non-hydrogen) atoms. The first-order valence-corrected chi connectivity index (χ1v) is 12.1. The molecular weight excluding hydrogens is 506 g/mol. The lowest BCUT2D eigenvalue weighted by atomic mass is 10.1. The summed E-state index contributed by atoms with van der Waals surface area (Å²) in [5.74, 6) is 1.10. The quantitative estimate of drug-likeness (QED) is 0.248. The minimum Gasteiger partial charge on any atom is -0.444 e. The van der Waals surface area contributed by atoms with Crippen molar-refractivity contribution in [2.75, 3.05) is 6.54 Å². The maximum Gasteiger partial charge on any atom is 0.423 e. The highest BCUT2D eigenvalue weighted by Gasteiger charge is 2.28. The molecule has 0 fully saturated rings. The summed E-state index contributed by atoms with van der Waals surface area (Å²) in [4.78, 5) is 45.7. The molecule has 2 aromatic carbocycles. The number of benzene rings is 2. The van der Waals surface area contributed by atoms with Crippen LogP contribution in [0.3, 0.4) is 0 Å². The molecule has 3 heterocycles. The van der Waals surface area contributed by atoms with Gasteiger partial charge >= 0.3 is 12.2 Å². The Morgan fingerprint density at radius 3 is 2.46 bits per heavy atom. The summed E-state index contributed by atoms with van der Waals surface area (Å²) in [7, 11) is 0. The topological polar surface area (TPSA) is 139 Å².